The highest BCUT2D eigenvalue weighted by Crippen LogP contribution is 2.40. The molecule has 1 aromatic heterocycles. The molecule has 7 heteroatoms. The van der Waals surface area contributed by atoms with Crippen LogP contribution in [0.2, 0.25) is 0 Å². The number of rotatable bonds is 9. The molecule has 0 unspecified atom stereocenters. The Morgan fingerprint density at radius 1 is 1.36 bits per heavy atom. The van der Waals surface area contributed by atoms with E-state index in [1.807, 2.05) is 14.0 Å². The van der Waals surface area contributed by atoms with Gasteiger partial charge in [-0.3, -0.25) is 4.99 Å². The van der Waals surface area contributed by atoms with Gasteiger partial charge < -0.3 is 15.4 Å². The van der Waals surface area contributed by atoms with Crippen molar-refractivity contribution in [3.63, 3.8) is 0 Å². The summed E-state index contributed by atoms with van der Waals surface area (Å²) in [7, 11) is 1.84. The van der Waals surface area contributed by atoms with Gasteiger partial charge in [0.15, 0.2) is 5.96 Å². The quantitative estimate of drug-likeness (QED) is 0.245. The van der Waals surface area contributed by atoms with E-state index >= 15 is 0 Å². The zero-order chi connectivity index (χ0) is 17.3. The van der Waals surface area contributed by atoms with Crippen LogP contribution in [0.15, 0.2) is 10.4 Å². The molecule has 2 N–H and O–H groups in total. The number of guanidine groups is 1. The molecule has 0 aromatic carbocycles. The van der Waals surface area contributed by atoms with Crippen molar-refractivity contribution in [2.24, 2.45) is 10.4 Å². The summed E-state index contributed by atoms with van der Waals surface area (Å²) >= 11 is 1.71. The van der Waals surface area contributed by atoms with E-state index in [0.29, 0.717) is 5.41 Å². The molecule has 1 heterocycles. The molecular weight excluding hydrogens is 447 g/mol. The first-order valence-electron chi connectivity index (χ1n) is 9.11. The number of thiazole rings is 1. The molecule has 0 radical (unpaired) electrons. The third kappa shape index (κ3) is 7.78. The van der Waals surface area contributed by atoms with E-state index in [0.717, 1.165) is 55.8 Å². The van der Waals surface area contributed by atoms with E-state index in [1.54, 1.807) is 11.3 Å². The van der Waals surface area contributed by atoms with Crippen LogP contribution in [-0.2, 0) is 11.2 Å². The zero-order valence-electron chi connectivity index (χ0n) is 15.8. The Bertz CT molecular complexity index is 515. The Balaban J connectivity index is 0.00000312. The first kappa shape index (κ1) is 22.6. The van der Waals surface area contributed by atoms with E-state index in [1.165, 1.54) is 25.7 Å². The summed E-state index contributed by atoms with van der Waals surface area (Å²) in [4.78, 5) is 8.86. The molecule has 0 amide bonds. The number of ether oxygens (including phenoxy) is 1. The minimum Gasteiger partial charge on any atom is -0.382 e. The summed E-state index contributed by atoms with van der Waals surface area (Å²) < 4.78 is 5.59. The molecule has 5 nitrogen and oxygen atoms in total. The Kier molecular flexibility index (Phi) is 10.9. The van der Waals surface area contributed by atoms with Crippen LogP contribution in [-0.4, -0.2) is 44.3 Å². The van der Waals surface area contributed by atoms with Crippen LogP contribution < -0.4 is 10.6 Å². The van der Waals surface area contributed by atoms with E-state index < -0.39 is 0 Å². The van der Waals surface area contributed by atoms with Crippen molar-refractivity contribution >= 4 is 41.3 Å². The van der Waals surface area contributed by atoms with Crippen molar-refractivity contribution < 1.29 is 4.74 Å². The Morgan fingerprint density at radius 3 is 2.72 bits per heavy atom. The second-order valence-corrected chi connectivity index (χ2v) is 7.68. The fourth-order valence-electron chi connectivity index (χ4n) is 3.40. The van der Waals surface area contributed by atoms with E-state index in [-0.39, 0.29) is 24.0 Å². The molecule has 0 atom stereocenters. The Labute approximate surface area is 173 Å². The third-order valence-electron chi connectivity index (χ3n) is 4.84. The lowest BCUT2D eigenvalue weighted by atomic mass is 9.83. The highest BCUT2D eigenvalue weighted by Gasteiger charge is 2.33. The largest absolute Gasteiger partial charge is 0.382 e. The van der Waals surface area contributed by atoms with Gasteiger partial charge in [0.2, 0.25) is 0 Å². The number of aliphatic imine (C=N–C) groups is 1. The van der Waals surface area contributed by atoms with Gasteiger partial charge in [-0.15, -0.1) is 35.3 Å². The van der Waals surface area contributed by atoms with Gasteiger partial charge in [0, 0.05) is 45.2 Å². The Hall–Kier alpha value is -0.410. The van der Waals surface area contributed by atoms with Gasteiger partial charge in [-0.1, -0.05) is 12.8 Å². The third-order valence-corrected chi connectivity index (χ3v) is 5.66. The smallest absolute Gasteiger partial charge is 0.191 e. The summed E-state index contributed by atoms with van der Waals surface area (Å²) in [6.07, 6.45) is 7.33. The predicted molar refractivity (Wildman–Crippen MR) is 117 cm³/mol. The van der Waals surface area contributed by atoms with Crippen LogP contribution >= 0.6 is 35.3 Å². The van der Waals surface area contributed by atoms with E-state index in [4.69, 9.17) is 4.74 Å². The lowest BCUT2D eigenvalue weighted by Gasteiger charge is -2.30. The first-order valence-corrected chi connectivity index (χ1v) is 9.99. The van der Waals surface area contributed by atoms with Gasteiger partial charge in [0.25, 0.3) is 0 Å². The van der Waals surface area contributed by atoms with Crippen LogP contribution in [0.25, 0.3) is 0 Å². The fraction of sp³-hybridized carbons (Fsp3) is 0.778. The van der Waals surface area contributed by atoms with Crippen LogP contribution in [0.1, 0.15) is 49.7 Å². The van der Waals surface area contributed by atoms with Crippen molar-refractivity contribution in [1.29, 1.82) is 0 Å². The average Bonchev–Trinajstić information content (AvgIpc) is 3.21. The number of halogens is 1. The van der Waals surface area contributed by atoms with Gasteiger partial charge in [-0.2, -0.15) is 0 Å². The number of hydrogen-bond acceptors (Lipinski definition) is 4. The molecule has 1 fully saturated rings. The van der Waals surface area contributed by atoms with Crippen molar-refractivity contribution in [2.75, 3.05) is 33.4 Å². The van der Waals surface area contributed by atoms with Gasteiger partial charge >= 0.3 is 0 Å². The average molecular weight is 480 g/mol. The fourth-order valence-corrected chi connectivity index (χ4v) is 4.04. The van der Waals surface area contributed by atoms with Crippen molar-refractivity contribution in [3.05, 3.63) is 16.1 Å². The molecule has 1 saturated carbocycles. The number of aromatic nitrogens is 1. The van der Waals surface area contributed by atoms with E-state index in [2.05, 4.69) is 32.9 Å². The Morgan fingerprint density at radius 2 is 2.12 bits per heavy atom. The summed E-state index contributed by atoms with van der Waals surface area (Å²) in [6.45, 7) is 7.63. The van der Waals surface area contributed by atoms with E-state index in [9.17, 15) is 0 Å². The molecule has 1 aromatic rings. The maximum Gasteiger partial charge on any atom is 0.191 e. The molecule has 0 aliphatic heterocycles. The molecule has 0 spiro atoms. The maximum atomic E-state index is 5.59. The SMILES string of the molecule is CCOCCC1(CNC(=NC)NCCc2csc(C)n2)CCCC1.I. The minimum atomic E-state index is 0. The molecular formula is C18H33IN4OS. The maximum absolute atomic E-state index is 5.59. The van der Waals surface area contributed by atoms with Crippen molar-refractivity contribution in [3.8, 4) is 0 Å². The highest BCUT2D eigenvalue weighted by molar-refractivity contribution is 14.0. The van der Waals surface area contributed by atoms with Crippen LogP contribution in [0.3, 0.4) is 0 Å². The molecule has 25 heavy (non-hydrogen) atoms. The lowest BCUT2D eigenvalue weighted by Crippen LogP contribution is -2.44. The highest BCUT2D eigenvalue weighted by atomic mass is 127. The molecule has 0 saturated heterocycles. The van der Waals surface area contributed by atoms with Crippen LogP contribution in [0.5, 0.6) is 0 Å². The summed E-state index contributed by atoms with van der Waals surface area (Å²) in [5.41, 5.74) is 1.53. The van der Waals surface area contributed by atoms with Gasteiger partial charge in [0.1, 0.15) is 0 Å². The monoisotopic (exact) mass is 480 g/mol. The van der Waals surface area contributed by atoms with Gasteiger partial charge in [-0.25, -0.2) is 4.98 Å². The molecule has 1 aliphatic carbocycles. The first-order chi connectivity index (χ1) is 11.7. The summed E-state index contributed by atoms with van der Waals surface area (Å²) in [6, 6.07) is 0. The van der Waals surface area contributed by atoms with Gasteiger partial charge in [0.05, 0.1) is 10.7 Å². The second kappa shape index (κ2) is 12.1. The molecule has 0 bridgehead atoms. The summed E-state index contributed by atoms with van der Waals surface area (Å²) in [5.74, 6) is 0.893. The summed E-state index contributed by atoms with van der Waals surface area (Å²) in [5, 5.41) is 10.2. The normalized spacial score (nSPS) is 16.5. The van der Waals surface area contributed by atoms with Crippen molar-refractivity contribution in [1.82, 2.24) is 15.6 Å². The van der Waals surface area contributed by atoms with Gasteiger partial charge in [-0.05, 0) is 38.5 Å². The molecule has 144 valence electrons. The zero-order valence-corrected chi connectivity index (χ0v) is 18.9. The predicted octanol–water partition coefficient (Wildman–Crippen LogP) is 3.76. The van der Waals surface area contributed by atoms with Crippen molar-refractivity contribution in [2.45, 2.75) is 52.4 Å². The lowest BCUT2D eigenvalue weighted by molar-refractivity contribution is 0.105. The number of nitrogens with zero attached hydrogens (tertiary/aromatic N) is 2. The minimum absolute atomic E-state index is 0. The topological polar surface area (TPSA) is 58.5 Å². The molecule has 1 aliphatic rings. The number of nitrogens with one attached hydrogen (secondary N) is 2. The standard InChI is InChI=1S/C18H32N4OS.HI/c1-4-23-12-10-18(8-5-6-9-18)14-21-17(19-3)20-11-7-16-13-24-15(2)22-16;/h13H,4-12,14H2,1-3H3,(H2,19,20,21);1H. The van der Waals surface area contributed by atoms with Crippen LogP contribution in [0.4, 0.5) is 0 Å². The second-order valence-electron chi connectivity index (χ2n) is 6.61. The number of hydrogen-bond donors (Lipinski definition) is 2. The number of aryl methyl sites for hydroxylation is 1. The molecule has 2 rings (SSSR count). The van der Waals surface area contributed by atoms with Crippen LogP contribution in [0, 0.1) is 12.3 Å².